The summed E-state index contributed by atoms with van der Waals surface area (Å²) in [5.41, 5.74) is -0.359. The SMILES string of the molecule is [2H]C1([2H])N(Cc2ccc(F)cc2F)C([2H])([2H])C([2H])([2H])N(C(C)=O)C1([2H])[2H]. The molecule has 0 aromatic heterocycles. The number of carbonyl (C=O) groups is 1. The number of hydrogen-bond acceptors (Lipinski definition) is 2. The number of carbonyl (C=O) groups excluding carboxylic acids is 1. The smallest absolute Gasteiger partial charge is 0.219 e. The molecule has 0 atom stereocenters. The van der Waals surface area contributed by atoms with Crippen LogP contribution in [0.15, 0.2) is 18.2 Å². The van der Waals surface area contributed by atoms with Crippen molar-refractivity contribution in [1.82, 2.24) is 9.80 Å². The van der Waals surface area contributed by atoms with Gasteiger partial charge < -0.3 is 4.90 Å². The highest BCUT2D eigenvalue weighted by molar-refractivity contribution is 5.73. The second-order valence-corrected chi connectivity index (χ2v) is 3.62. The Balaban J connectivity index is 2.62. The number of benzene rings is 1. The molecule has 0 aliphatic carbocycles. The van der Waals surface area contributed by atoms with E-state index in [1.165, 1.54) is 0 Å². The topological polar surface area (TPSA) is 23.6 Å². The lowest BCUT2D eigenvalue weighted by Gasteiger charge is -2.34. The average molecular weight is 262 g/mol. The lowest BCUT2D eigenvalue weighted by molar-refractivity contribution is -0.130. The van der Waals surface area contributed by atoms with Gasteiger partial charge in [0.25, 0.3) is 0 Å². The van der Waals surface area contributed by atoms with Crippen molar-refractivity contribution < 1.29 is 24.5 Å². The van der Waals surface area contributed by atoms with E-state index in [2.05, 4.69) is 0 Å². The second kappa shape index (κ2) is 5.44. The summed E-state index contributed by atoms with van der Waals surface area (Å²) in [4.78, 5) is 11.8. The van der Waals surface area contributed by atoms with Crippen LogP contribution < -0.4 is 0 Å². The van der Waals surface area contributed by atoms with Gasteiger partial charge in [-0.15, -0.1) is 0 Å². The molecule has 1 aromatic rings. The minimum atomic E-state index is -3.27. The van der Waals surface area contributed by atoms with Crippen molar-refractivity contribution in [2.24, 2.45) is 0 Å². The molecule has 0 bridgehead atoms. The van der Waals surface area contributed by atoms with Gasteiger partial charge in [-0.2, -0.15) is 0 Å². The van der Waals surface area contributed by atoms with Gasteiger partial charge in [0.1, 0.15) is 11.6 Å². The molecule has 1 aliphatic heterocycles. The molecule has 0 N–H and O–H groups in total. The Morgan fingerprint density at radius 1 is 1.33 bits per heavy atom. The maximum absolute atomic E-state index is 13.9. The lowest BCUT2D eigenvalue weighted by atomic mass is 10.2. The second-order valence-electron chi connectivity index (χ2n) is 3.62. The molecule has 98 valence electrons. The maximum atomic E-state index is 13.9. The summed E-state index contributed by atoms with van der Waals surface area (Å²) in [5.74, 6) is -3.24. The largest absolute Gasteiger partial charge is 0.340 e. The van der Waals surface area contributed by atoms with E-state index in [-0.39, 0.29) is 15.4 Å². The summed E-state index contributed by atoms with van der Waals surface area (Å²) < 4.78 is 90.8. The van der Waals surface area contributed by atoms with Gasteiger partial charge in [-0.05, 0) is 6.07 Å². The third-order valence-corrected chi connectivity index (χ3v) is 2.25. The molecule has 0 spiro atoms. The maximum Gasteiger partial charge on any atom is 0.219 e. The van der Waals surface area contributed by atoms with Crippen LogP contribution in [0.5, 0.6) is 0 Å². The summed E-state index contributed by atoms with van der Waals surface area (Å²) in [6.07, 6.45) is 0. The number of piperazine rings is 1. The summed E-state index contributed by atoms with van der Waals surface area (Å²) in [5, 5.41) is 0. The Hall–Kier alpha value is -1.49. The molecule has 1 fully saturated rings. The van der Waals surface area contributed by atoms with E-state index in [4.69, 9.17) is 11.0 Å². The van der Waals surface area contributed by atoms with Crippen LogP contribution in [0.25, 0.3) is 0 Å². The quantitative estimate of drug-likeness (QED) is 0.809. The van der Waals surface area contributed by atoms with Crippen LogP contribution in [-0.2, 0) is 11.3 Å². The Bertz CT molecular complexity index is 715. The van der Waals surface area contributed by atoms with Crippen LogP contribution in [0.2, 0.25) is 0 Å². The first-order chi connectivity index (χ1) is 11.6. The normalized spacial score (nSPS) is 34.7. The number of halogens is 2. The van der Waals surface area contributed by atoms with Crippen LogP contribution in [0.3, 0.4) is 0 Å². The molecule has 1 aromatic carbocycles. The molecule has 0 unspecified atom stereocenters. The fourth-order valence-corrected chi connectivity index (χ4v) is 1.33. The van der Waals surface area contributed by atoms with Gasteiger partial charge in [-0.3, -0.25) is 9.69 Å². The van der Waals surface area contributed by atoms with E-state index < -0.39 is 50.1 Å². The molecule has 0 radical (unpaired) electrons. The summed E-state index contributed by atoms with van der Waals surface area (Å²) in [6.45, 7) is -13.1. The summed E-state index contributed by atoms with van der Waals surface area (Å²) in [7, 11) is 0. The molecule has 0 saturated carbocycles. The van der Waals surface area contributed by atoms with Crippen molar-refractivity contribution in [2.45, 2.75) is 13.5 Å². The highest BCUT2D eigenvalue weighted by Crippen LogP contribution is 2.13. The zero-order valence-electron chi connectivity index (χ0n) is 17.5. The van der Waals surface area contributed by atoms with Crippen LogP contribution >= 0.6 is 0 Å². The molecule has 1 amide bonds. The van der Waals surface area contributed by atoms with E-state index in [1.54, 1.807) is 0 Å². The number of amides is 1. The molecular weight excluding hydrogens is 238 g/mol. The van der Waals surface area contributed by atoms with Crippen molar-refractivity contribution >= 4 is 5.91 Å². The van der Waals surface area contributed by atoms with E-state index >= 15 is 0 Å². The van der Waals surface area contributed by atoms with Crippen LogP contribution in [-0.4, -0.2) is 41.7 Å². The van der Waals surface area contributed by atoms with Crippen molar-refractivity contribution in [1.29, 1.82) is 0 Å². The Morgan fingerprint density at radius 2 is 2.00 bits per heavy atom. The monoisotopic (exact) mass is 262 g/mol. The number of nitrogens with zero attached hydrogens (tertiary/aromatic N) is 2. The molecule has 18 heavy (non-hydrogen) atoms. The molecule has 1 aliphatic rings. The first kappa shape index (κ1) is 6.10. The third kappa shape index (κ3) is 3.04. The fraction of sp³-hybridized carbons (Fsp3) is 0.462. The van der Waals surface area contributed by atoms with E-state index in [0.29, 0.717) is 6.07 Å². The van der Waals surface area contributed by atoms with Crippen molar-refractivity contribution in [3.05, 3.63) is 35.4 Å². The van der Waals surface area contributed by atoms with Gasteiger partial charge >= 0.3 is 0 Å². The van der Waals surface area contributed by atoms with E-state index in [1.807, 2.05) is 0 Å². The minimum absolute atomic E-state index is 0.127. The summed E-state index contributed by atoms with van der Waals surface area (Å²) >= 11 is 0. The fourth-order valence-electron chi connectivity index (χ4n) is 1.33. The average Bonchev–Trinajstić information content (AvgIpc) is 2.43. The van der Waals surface area contributed by atoms with Crippen molar-refractivity contribution in [3.8, 4) is 0 Å². The van der Waals surface area contributed by atoms with Gasteiger partial charge in [0.2, 0.25) is 5.91 Å². The standard InChI is InChI=1S/C13H16F2N2O/c1-10(18)17-6-4-16(5-7-17)9-11-2-3-12(14)8-13(11)15/h2-3,8H,4-7,9H2,1H3/i4D2,5D2,6D2,7D2. The third-order valence-electron chi connectivity index (χ3n) is 2.25. The Morgan fingerprint density at radius 3 is 2.56 bits per heavy atom. The van der Waals surface area contributed by atoms with Crippen LogP contribution in [0, 0.1) is 11.6 Å². The van der Waals surface area contributed by atoms with Crippen LogP contribution in [0.1, 0.15) is 23.5 Å². The molecular formula is C13H16F2N2O. The molecule has 2 rings (SSSR count). The first-order valence-corrected chi connectivity index (χ1v) is 5.11. The van der Waals surface area contributed by atoms with E-state index in [0.717, 1.165) is 19.1 Å². The van der Waals surface area contributed by atoms with Crippen molar-refractivity contribution in [2.75, 3.05) is 26.0 Å². The predicted molar refractivity (Wildman–Crippen MR) is 63.9 cm³/mol. The van der Waals surface area contributed by atoms with Gasteiger partial charge in [-0.25, -0.2) is 8.78 Å². The molecule has 5 heteroatoms. The highest BCUT2D eigenvalue weighted by atomic mass is 19.1. The Kier molecular flexibility index (Phi) is 1.84. The molecule has 1 saturated heterocycles. The number of rotatable bonds is 2. The lowest BCUT2D eigenvalue weighted by Crippen LogP contribution is -2.47. The van der Waals surface area contributed by atoms with Crippen LogP contribution in [0.4, 0.5) is 8.78 Å². The Labute approximate surface area is 116 Å². The van der Waals surface area contributed by atoms with Gasteiger partial charge in [0, 0.05) is 56.6 Å². The highest BCUT2D eigenvalue weighted by Gasteiger charge is 2.19. The molecule has 3 nitrogen and oxygen atoms in total. The first-order valence-electron chi connectivity index (χ1n) is 9.11. The van der Waals surface area contributed by atoms with Gasteiger partial charge in [0.15, 0.2) is 0 Å². The summed E-state index contributed by atoms with van der Waals surface area (Å²) in [6, 6.07) is 2.29. The zero-order valence-corrected chi connectivity index (χ0v) is 9.50. The molecule has 1 heterocycles. The van der Waals surface area contributed by atoms with E-state index in [9.17, 15) is 13.6 Å². The van der Waals surface area contributed by atoms with Gasteiger partial charge in [0.05, 0.1) is 5.48 Å². The van der Waals surface area contributed by atoms with Crippen molar-refractivity contribution in [3.63, 3.8) is 0 Å². The van der Waals surface area contributed by atoms with Gasteiger partial charge in [-0.1, -0.05) is 6.07 Å². The zero-order chi connectivity index (χ0) is 20.3. The number of hydrogen-bond donors (Lipinski definition) is 0. The minimum Gasteiger partial charge on any atom is -0.340 e. The predicted octanol–water partition coefficient (Wildman–Crippen LogP) is 1.63.